The molecule has 0 aliphatic carbocycles. The Morgan fingerprint density at radius 3 is 1.93 bits per heavy atom. The summed E-state index contributed by atoms with van der Waals surface area (Å²) in [5.74, 6) is -8.24. The zero-order valence-corrected chi connectivity index (χ0v) is 41.5. The fourth-order valence-electron chi connectivity index (χ4n) is 7.77. The van der Waals surface area contributed by atoms with E-state index in [0.717, 1.165) is 45.0 Å². The Hall–Kier alpha value is -6.50. The van der Waals surface area contributed by atoms with E-state index < -0.39 is 108 Å². The van der Waals surface area contributed by atoms with Crippen molar-refractivity contribution in [3.05, 3.63) is 108 Å². The number of nitrogens with two attached hydrogens (primary N) is 2. The van der Waals surface area contributed by atoms with Crippen LogP contribution < -0.4 is 48.7 Å². The molecule has 21 nitrogen and oxygen atoms in total. The highest BCUT2D eigenvalue weighted by Crippen LogP contribution is 2.24. The zero-order valence-electron chi connectivity index (χ0n) is 39.9. The molecule has 1 fully saturated rings. The lowest BCUT2D eigenvalue weighted by atomic mass is 10.0. The van der Waals surface area contributed by atoms with Gasteiger partial charge in [-0.05, 0) is 68.8 Å². The van der Waals surface area contributed by atoms with Gasteiger partial charge in [-0.1, -0.05) is 100 Å². The summed E-state index contributed by atoms with van der Waals surface area (Å²) in [7, 11) is 1.91. The van der Waals surface area contributed by atoms with Crippen molar-refractivity contribution in [1.82, 2.24) is 42.2 Å². The summed E-state index contributed by atoms with van der Waals surface area (Å²) in [5.41, 5.74) is 14.9. The Morgan fingerprint density at radius 1 is 0.708 bits per heavy atom. The van der Waals surface area contributed by atoms with Crippen LogP contribution in [0.3, 0.4) is 0 Å². The molecule has 5 rings (SSSR count). The minimum absolute atomic E-state index is 0.000290. The largest absolute Gasteiger partial charge is 0.480 e. The van der Waals surface area contributed by atoms with Crippen LogP contribution in [-0.2, 0) is 57.6 Å². The normalized spacial score (nSPS) is 22.6. The van der Waals surface area contributed by atoms with E-state index in [9.17, 15) is 53.7 Å². The summed E-state index contributed by atoms with van der Waals surface area (Å²) in [6.07, 6.45) is -0.764. The first kappa shape index (κ1) is 56.4. The molecule has 1 saturated heterocycles. The number of aliphatic hydroxyl groups is 2. The van der Waals surface area contributed by atoms with Crippen LogP contribution in [0.25, 0.3) is 10.9 Å². The van der Waals surface area contributed by atoms with Crippen molar-refractivity contribution in [3.63, 3.8) is 0 Å². The van der Waals surface area contributed by atoms with E-state index in [1.54, 1.807) is 66.9 Å². The Morgan fingerprint density at radius 2 is 1.29 bits per heavy atom. The molecule has 0 saturated carbocycles. The van der Waals surface area contributed by atoms with E-state index >= 15 is 0 Å². The fraction of sp³-hybridized carbons (Fsp3) is 0.429. The van der Waals surface area contributed by atoms with Crippen molar-refractivity contribution in [1.29, 1.82) is 0 Å². The summed E-state index contributed by atoms with van der Waals surface area (Å²) < 4.78 is 0. The Kier molecular flexibility index (Phi) is 21.9. The minimum atomic E-state index is -1.80. The van der Waals surface area contributed by atoms with Gasteiger partial charge in [0.1, 0.15) is 36.3 Å². The van der Waals surface area contributed by atoms with Crippen LogP contribution in [0, 0.1) is 0 Å². The molecular formula is C49H64N10O11S2. The second-order valence-electron chi connectivity index (χ2n) is 17.5. The number of aliphatic hydroxyl groups excluding tert-OH is 2. The van der Waals surface area contributed by atoms with E-state index in [1.807, 2.05) is 24.3 Å². The molecule has 0 bridgehead atoms. The molecule has 1 aliphatic heterocycles. The topological polar surface area (TPSA) is 349 Å². The number of H-pyrrole nitrogens is 1. The summed E-state index contributed by atoms with van der Waals surface area (Å²) >= 11 is 0. The van der Waals surface area contributed by atoms with Crippen LogP contribution in [0.1, 0.15) is 49.8 Å². The number of carbonyl (C=O) groups is 8. The number of hydrogen-bond acceptors (Lipinski definition) is 14. The van der Waals surface area contributed by atoms with Gasteiger partial charge in [0.05, 0.1) is 18.2 Å². The van der Waals surface area contributed by atoms with Crippen molar-refractivity contribution >= 4 is 79.8 Å². The molecule has 10 atom stereocenters. The van der Waals surface area contributed by atoms with Crippen LogP contribution in [-0.4, -0.2) is 146 Å². The van der Waals surface area contributed by atoms with Gasteiger partial charge in [0.25, 0.3) is 0 Å². The number of amides is 7. The number of aliphatic carboxylic acids is 1. The Bertz CT molecular complexity index is 2480. The van der Waals surface area contributed by atoms with Gasteiger partial charge < -0.3 is 69.0 Å². The summed E-state index contributed by atoms with van der Waals surface area (Å²) in [5, 5.41) is 49.7. The maximum Gasteiger partial charge on any atom is 0.328 e. The smallest absolute Gasteiger partial charge is 0.328 e. The lowest BCUT2D eigenvalue weighted by Crippen LogP contribution is -2.62. The number of hydrogen-bond donors (Lipinski definition) is 13. The van der Waals surface area contributed by atoms with E-state index in [1.165, 1.54) is 6.92 Å². The van der Waals surface area contributed by atoms with Crippen LogP contribution in [0.2, 0.25) is 0 Å². The van der Waals surface area contributed by atoms with Crippen LogP contribution in [0.5, 0.6) is 0 Å². The molecule has 2 heterocycles. The molecule has 7 amide bonds. The van der Waals surface area contributed by atoms with Gasteiger partial charge in [0.15, 0.2) is 6.04 Å². The van der Waals surface area contributed by atoms with Crippen LogP contribution in [0.15, 0.2) is 91.1 Å². The number of aromatic nitrogens is 1. The molecule has 0 radical (unpaired) electrons. The van der Waals surface area contributed by atoms with Crippen molar-refractivity contribution in [2.75, 3.05) is 18.1 Å². The van der Waals surface area contributed by atoms with Crippen molar-refractivity contribution in [3.8, 4) is 0 Å². The van der Waals surface area contributed by atoms with E-state index in [-0.39, 0.29) is 43.7 Å². The summed E-state index contributed by atoms with van der Waals surface area (Å²) in [6.45, 7) is 2.60. The van der Waals surface area contributed by atoms with E-state index in [2.05, 4.69) is 42.2 Å². The first-order chi connectivity index (χ1) is 34.4. The first-order valence-corrected chi connectivity index (χ1v) is 26.0. The number of rotatable bonds is 17. The molecule has 1 aliphatic rings. The van der Waals surface area contributed by atoms with Gasteiger partial charge in [-0.3, -0.25) is 33.6 Å². The second-order valence-corrected chi connectivity index (χ2v) is 20.1. The quantitative estimate of drug-likeness (QED) is 0.0459. The maximum atomic E-state index is 14.7. The highest BCUT2D eigenvalue weighted by atomic mass is 33.1. The average Bonchev–Trinajstić information content (AvgIpc) is 3.76. The van der Waals surface area contributed by atoms with Gasteiger partial charge in [0, 0.05) is 41.4 Å². The molecule has 4 aromatic rings. The Labute approximate surface area is 424 Å². The third kappa shape index (κ3) is 16.8. The number of carboxylic acid groups (broad SMARTS) is 1. The Balaban J connectivity index is 1.57. The van der Waals surface area contributed by atoms with E-state index in [0.29, 0.717) is 24.0 Å². The molecule has 15 N–H and O–H groups in total. The third-order valence-corrected chi connectivity index (χ3v) is 14.2. The molecule has 1 aromatic heterocycles. The van der Waals surface area contributed by atoms with Gasteiger partial charge in [0.2, 0.25) is 41.4 Å². The van der Waals surface area contributed by atoms with Gasteiger partial charge in [-0.2, -0.15) is 0 Å². The van der Waals surface area contributed by atoms with Crippen LogP contribution in [0.4, 0.5) is 0 Å². The molecule has 388 valence electrons. The lowest BCUT2D eigenvalue weighted by Gasteiger charge is -2.29. The number of unbranched alkanes of at least 4 members (excludes halogenated alkanes) is 1. The van der Waals surface area contributed by atoms with Crippen molar-refractivity contribution in [2.24, 2.45) is 11.5 Å². The van der Waals surface area contributed by atoms with E-state index in [4.69, 9.17) is 11.5 Å². The van der Waals surface area contributed by atoms with Gasteiger partial charge in [-0.25, -0.2) is 4.79 Å². The monoisotopic (exact) mass is 1030 g/mol. The summed E-state index contributed by atoms with van der Waals surface area (Å²) in [6, 6.07) is 13.3. The van der Waals surface area contributed by atoms with Gasteiger partial charge in [-0.15, -0.1) is 0 Å². The SMILES string of the molecule is C[C@@H](O)[C@H](NC(=O)[C@H]1CSSC[C@H](NC(=O)[C@@H](N)Cc2ccccc2)C(=O)N[C@@H](Cc2ccccc2)C(=O)N[C@H](Cc2c[nH]c3ccccc23)C(=O)N[C@@H](CCCCN)C(=O)N[C@H]([C@@H](C)O)C(=O)N1)C(=O)O. The maximum absolute atomic E-state index is 14.7. The first-order valence-electron chi connectivity index (χ1n) is 23.5. The number of benzene rings is 3. The molecule has 72 heavy (non-hydrogen) atoms. The molecular weight excluding hydrogens is 969 g/mol. The highest BCUT2D eigenvalue weighted by Gasteiger charge is 2.37. The zero-order chi connectivity index (χ0) is 52.3. The number of aromatic amines is 1. The summed E-state index contributed by atoms with van der Waals surface area (Å²) in [4.78, 5) is 115. The lowest BCUT2D eigenvalue weighted by molar-refractivity contribution is -0.145. The number of carbonyl (C=O) groups excluding carboxylic acids is 7. The van der Waals surface area contributed by atoms with Crippen molar-refractivity contribution < 1.29 is 53.7 Å². The highest BCUT2D eigenvalue weighted by molar-refractivity contribution is 8.76. The molecule has 0 unspecified atom stereocenters. The third-order valence-electron chi connectivity index (χ3n) is 11.8. The second kappa shape index (κ2) is 27.9. The standard InChI is InChI=1S/C49H64N10O11S2/c1-27(60)40-48(68)57-39(47(67)59-41(28(2)61)49(69)70)26-72-71-25-38(56-42(62)33(51)21-29-13-5-3-6-14-29)46(66)54-36(22-30-15-7-4-8-16-30)44(64)55-37(23-31-24-52-34-18-10-9-17-32(31)34)45(65)53-35(43(63)58-40)19-11-12-20-50/h3-10,13-18,24,27-28,33,35-41,52,60-61H,11-12,19-23,25-26,50-51H2,1-2H3,(H,53,65)(H,54,66)(H,55,64)(H,56,62)(H,57,68)(H,58,63)(H,59,67)(H,69,70)/t27-,28-,33+,35+,36+,37-,38+,39-,40-,41+/m1/s1. The molecule has 0 spiro atoms. The number of fused-ring (bicyclic) bond motifs is 1. The molecule has 23 heteroatoms. The van der Waals surface area contributed by atoms with Crippen LogP contribution >= 0.6 is 21.6 Å². The number of nitrogens with one attached hydrogen (secondary N) is 8. The van der Waals surface area contributed by atoms with Gasteiger partial charge >= 0.3 is 5.97 Å². The average molecular weight is 1030 g/mol. The van der Waals surface area contributed by atoms with Crippen molar-refractivity contribution in [2.45, 2.75) is 113 Å². The predicted octanol–water partition coefficient (Wildman–Crippen LogP) is -0.713. The predicted molar refractivity (Wildman–Crippen MR) is 273 cm³/mol. The number of para-hydroxylation sites is 1. The minimum Gasteiger partial charge on any atom is -0.480 e. The number of carboxylic acids is 1. The molecule has 3 aromatic carbocycles. The fourth-order valence-corrected chi connectivity index (χ4v) is 10.1.